The maximum Gasteiger partial charge on any atom is 0.218 e. The van der Waals surface area contributed by atoms with Crippen LogP contribution in [-0.4, -0.2) is 72.2 Å². The number of aliphatic hydroxyl groups is 1. The summed E-state index contributed by atoms with van der Waals surface area (Å²) in [5, 5.41) is 12.8. The third-order valence-corrected chi connectivity index (χ3v) is 9.61. The zero-order chi connectivity index (χ0) is 18.2. The minimum atomic E-state index is -3.22. The summed E-state index contributed by atoms with van der Waals surface area (Å²) in [5.74, 6) is 0.147. The van der Waals surface area contributed by atoms with Gasteiger partial charge < -0.3 is 16.2 Å². The fourth-order valence-electron chi connectivity index (χ4n) is 4.49. The van der Waals surface area contributed by atoms with Crippen molar-refractivity contribution in [3.05, 3.63) is 0 Å². The van der Waals surface area contributed by atoms with E-state index in [-0.39, 0.29) is 33.9 Å². The zero-order valence-electron chi connectivity index (χ0n) is 14.4. The van der Waals surface area contributed by atoms with Gasteiger partial charge in [-0.05, 0) is 44.6 Å². The molecular weight excluding hydrogens is 385 g/mol. The molecular formula is C16H29Cl2N3O3S. The summed E-state index contributed by atoms with van der Waals surface area (Å²) in [5.41, 5.74) is 6.46. The number of sulfonamides is 1. The Labute approximate surface area is 160 Å². The van der Waals surface area contributed by atoms with Gasteiger partial charge in [0.25, 0.3) is 0 Å². The van der Waals surface area contributed by atoms with E-state index in [1.165, 1.54) is 0 Å². The molecule has 1 aliphatic carbocycles. The summed E-state index contributed by atoms with van der Waals surface area (Å²) in [7, 11) is -3.22. The van der Waals surface area contributed by atoms with Crippen LogP contribution in [0.25, 0.3) is 0 Å². The number of nitrogens with zero attached hydrogens (tertiary/aromatic N) is 1. The molecule has 4 unspecified atom stereocenters. The molecule has 0 aromatic rings. The first-order chi connectivity index (χ1) is 11.8. The molecule has 2 saturated heterocycles. The summed E-state index contributed by atoms with van der Waals surface area (Å²) < 4.78 is 27.0. The highest BCUT2D eigenvalue weighted by molar-refractivity contribution is 7.89. The fourth-order valence-corrected chi connectivity index (χ4v) is 6.97. The van der Waals surface area contributed by atoms with E-state index in [0.29, 0.717) is 38.9 Å². The minimum absolute atomic E-state index is 0.0651. The van der Waals surface area contributed by atoms with Crippen molar-refractivity contribution in [2.45, 2.75) is 60.3 Å². The Morgan fingerprint density at radius 3 is 2.36 bits per heavy atom. The van der Waals surface area contributed by atoms with Crippen molar-refractivity contribution in [3.8, 4) is 0 Å². The summed E-state index contributed by atoms with van der Waals surface area (Å²) >= 11 is 12.4. The number of hydrogen-bond acceptors (Lipinski definition) is 5. The van der Waals surface area contributed by atoms with Crippen LogP contribution in [0.15, 0.2) is 0 Å². The molecule has 0 spiro atoms. The molecule has 4 N–H and O–H groups in total. The third-order valence-electron chi connectivity index (χ3n) is 6.18. The Morgan fingerprint density at radius 1 is 1.12 bits per heavy atom. The SMILES string of the molecule is N[C@H](C1CCN(S(=O)(=O)[C@H]2CCNC2)CC1)C1CC(Cl)C(Cl)CC1O. The largest absolute Gasteiger partial charge is 0.393 e. The van der Waals surface area contributed by atoms with Crippen molar-refractivity contribution >= 4 is 33.2 Å². The van der Waals surface area contributed by atoms with E-state index in [9.17, 15) is 13.5 Å². The van der Waals surface area contributed by atoms with Gasteiger partial charge in [0, 0.05) is 31.6 Å². The molecule has 3 fully saturated rings. The average Bonchev–Trinajstić information content (AvgIpc) is 3.13. The van der Waals surface area contributed by atoms with Gasteiger partial charge in [-0.1, -0.05) is 0 Å². The molecule has 146 valence electrons. The van der Waals surface area contributed by atoms with Gasteiger partial charge in [0.1, 0.15) is 0 Å². The highest BCUT2D eigenvalue weighted by Gasteiger charge is 2.42. The van der Waals surface area contributed by atoms with E-state index in [0.717, 1.165) is 19.4 Å². The summed E-state index contributed by atoms with van der Waals surface area (Å²) in [6, 6.07) is -0.168. The normalized spacial score (nSPS) is 40.2. The van der Waals surface area contributed by atoms with Gasteiger partial charge >= 0.3 is 0 Å². The fraction of sp³-hybridized carbons (Fsp3) is 1.00. The van der Waals surface area contributed by atoms with Crippen molar-refractivity contribution in [2.24, 2.45) is 17.6 Å². The lowest BCUT2D eigenvalue weighted by Crippen LogP contribution is -2.52. The number of hydrogen-bond donors (Lipinski definition) is 3. The summed E-state index contributed by atoms with van der Waals surface area (Å²) in [4.78, 5) is 0. The Kier molecular flexibility index (Phi) is 6.57. The van der Waals surface area contributed by atoms with Crippen LogP contribution in [0.2, 0.25) is 0 Å². The Morgan fingerprint density at radius 2 is 1.76 bits per heavy atom. The number of nitrogens with one attached hydrogen (secondary N) is 1. The number of nitrogens with two attached hydrogens (primary N) is 1. The van der Waals surface area contributed by atoms with Crippen LogP contribution in [0.5, 0.6) is 0 Å². The van der Waals surface area contributed by atoms with Gasteiger partial charge in [0.15, 0.2) is 0 Å². The monoisotopic (exact) mass is 413 g/mol. The number of rotatable bonds is 4. The van der Waals surface area contributed by atoms with Crippen LogP contribution < -0.4 is 11.1 Å². The van der Waals surface area contributed by atoms with E-state index < -0.39 is 16.1 Å². The lowest BCUT2D eigenvalue weighted by atomic mass is 9.74. The molecule has 3 rings (SSSR count). The Hall–Kier alpha value is 0.370. The van der Waals surface area contributed by atoms with Crippen molar-refractivity contribution < 1.29 is 13.5 Å². The topological polar surface area (TPSA) is 95.7 Å². The lowest BCUT2D eigenvalue weighted by molar-refractivity contribution is 0.0399. The number of halogens is 2. The van der Waals surface area contributed by atoms with Crippen LogP contribution in [0, 0.1) is 11.8 Å². The van der Waals surface area contributed by atoms with Gasteiger partial charge in [0.2, 0.25) is 10.0 Å². The molecule has 9 heteroatoms. The van der Waals surface area contributed by atoms with E-state index >= 15 is 0 Å². The maximum atomic E-state index is 12.7. The third kappa shape index (κ3) is 4.28. The first-order valence-electron chi connectivity index (χ1n) is 9.22. The van der Waals surface area contributed by atoms with E-state index in [4.69, 9.17) is 28.9 Å². The van der Waals surface area contributed by atoms with Crippen molar-refractivity contribution in [1.82, 2.24) is 9.62 Å². The zero-order valence-corrected chi connectivity index (χ0v) is 16.7. The number of alkyl halides is 2. The minimum Gasteiger partial charge on any atom is -0.393 e. The van der Waals surface area contributed by atoms with Crippen LogP contribution >= 0.6 is 23.2 Å². The van der Waals surface area contributed by atoms with Crippen molar-refractivity contribution in [2.75, 3.05) is 26.2 Å². The molecule has 0 amide bonds. The van der Waals surface area contributed by atoms with E-state index in [1.54, 1.807) is 4.31 Å². The smallest absolute Gasteiger partial charge is 0.218 e. The first-order valence-corrected chi connectivity index (χ1v) is 11.6. The second-order valence-electron chi connectivity index (χ2n) is 7.71. The van der Waals surface area contributed by atoms with Crippen LogP contribution in [0.1, 0.15) is 32.1 Å². The predicted octanol–water partition coefficient (Wildman–Crippen LogP) is 0.703. The number of aliphatic hydroxyl groups excluding tert-OH is 1. The first kappa shape index (κ1) is 20.1. The Balaban J connectivity index is 1.56. The molecule has 0 aromatic carbocycles. The molecule has 6 atom stereocenters. The molecule has 0 radical (unpaired) electrons. The van der Waals surface area contributed by atoms with E-state index in [2.05, 4.69) is 5.32 Å². The second kappa shape index (κ2) is 8.17. The van der Waals surface area contributed by atoms with E-state index in [1.807, 2.05) is 0 Å². The van der Waals surface area contributed by atoms with Gasteiger partial charge in [-0.25, -0.2) is 12.7 Å². The molecule has 3 aliphatic rings. The standard InChI is InChI=1S/C16H29Cl2N3O3S/c17-13-7-12(15(22)8-14(13)18)16(19)10-2-5-21(6-3-10)25(23,24)11-1-4-20-9-11/h10-16,20,22H,1-9,19H2/t11-,12?,13?,14?,15?,16+/m0/s1. The molecule has 2 aliphatic heterocycles. The summed E-state index contributed by atoms with van der Waals surface area (Å²) in [6.07, 6.45) is 2.72. The molecule has 25 heavy (non-hydrogen) atoms. The molecule has 2 heterocycles. The van der Waals surface area contributed by atoms with Crippen molar-refractivity contribution in [3.63, 3.8) is 0 Å². The van der Waals surface area contributed by atoms with Gasteiger partial charge in [0.05, 0.1) is 22.1 Å². The molecule has 1 saturated carbocycles. The van der Waals surface area contributed by atoms with Crippen LogP contribution in [0.3, 0.4) is 0 Å². The quantitative estimate of drug-likeness (QED) is 0.589. The van der Waals surface area contributed by atoms with Gasteiger partial charge in [-0.15, -0.1) is 23.2 Å². The van der Waals surface area contributed by atoms with Gasteiger partial charge in [-0.2, -0.15) is 0 Å². The number of piperidine rings is 1. The lowest BCUT2D eigenvalue weighted by Gasteiger charge is -2.42. The van der Waals surface area contributed by atoms with Gasteiger partial charge in [-0.3, -0.25) is 0 Å². The highest BCUT2D eigenvalue weighted by Crippen LogP contribution is 2.37. The molecule has 6 nitrogen and oxygen atoms in total. The second-order valence-corrected chi connectivity index (χ2v) is 11.0. The van der Waals surface area contributed by atoms with Crippen LogP contribution in [-0.2, 0) is 10.0 Å². The summed E-state index contributed by atoms with van der Waals surface area (Å²) in [6.45, 7) is 2.35. The van der Waals surface area contributed by atoms with Crippen molar-refractivity contribution in [1.29, 1.82) is 0 Å². The molecule has 0 aromatic heterocycles. The van der Waals surface area contributed by atoms with Crippen LogP contribution in [0.4, 0.5) is 0 Å². The average molecular weight is 414 g/mol. The Bertz CT molecular complexity index is 551. The predicted molar refractivity (Wildman–Crippen MR) is 100 cm³/mol. The highest BCUT2D eigenvalue weighted by atomic mass is 35.5. The molecule has 0 bridgehead atoms. The maximum absolute atomic E-state index is 12.7.